The molecule has 1 aliphatic heterocycles. The van der Waals surface area contributed by atoms with E-state index >= 15 is 0 Å². The van der Waals surface area contributed by atoms with Gasteiger partial charge in [0.15, 0.2) is 0 Å². The summed E-state index contributed by atoms with van der Waals surface area (Å²) in [5.41, 5.74) is 1.34. The average molecular weight is 356 g/mol. The number of rotatable bonds is 4. The molecule has 3 N–H and O–H groups in total. The van der Waals surface area contributed by atoms with Crippen LogP contribution in [0.3, 0.4) is 0 Å². The minimum absolute atomic E-state index is 0.0856. The Labute approximate surface area is 152 Å². The maximum Gasteiger partial charge on any atom is 0.251 e. The summed E-state index contributed by atoms with van der Waals surface area (Å²) in [6, 6.07) is 5.84. The summed E-state index contributed by atoms with van der Waals surface area (Å²) in [5, 5.41) is 16.9. The predicted molar refractivity (Wildman–Crippen MR) is 98.1 cm³/mol. The molecule has 1 aromatic carbocycles. The molecule has 2 aromatic rings. The second kappa shape index (κ2) is 7.55. The molecule has 1 atom stereocenters. The highest BCUT2D eigenvalue weighted by molar-refractivity contribution is 5.98. The van der Waals surface area contributed by atoms with E-state index < -0.39 is 0 Å². The van der Waals surface area contributed by atoms with Gasteiger partial charge >= 0.3 is 0 Å². The first-order valence-corrected chi connectivity index (χ1v) is 9.27. The van der Waals surface area contributed by atoms with Gasteiger partial charge in [-0.25, -0.2) is 9.97 Å². The fourth-order valence-corrected chi connectivity index (χ4v) is 3.55. The van der Waals surface area contributed by atoms with Crippen LogP contribution in [0.5, 0.6) is 0 Å². The molecule has 0 radical (unpaired) electrons. The zero-order valence-corrected chi connectivity index (χ0v) is 14.6. The Morgan fingerprint density at radius 1 is 1.15 bits per heavy atom. The van der Waals surface area contributed by atoms with Gasteiger partial charge in [0.2, 0.25) is 5.95 Å². The van der Waals surface area contributed by atoms with Crippen LogP contribution in [0.2, 0.25) is 0 Å². The van der Waals surface area contributed by atoms with Crippen molar-refractivity contribution in [1.82, 2.24) is 15.3 Å². The number of carbonyl (C=O) groups excluding carboxylic acids is 1. The van der Waals surface area contributed by atoms with Crippen LogP contribution < -0.4 is 10.6 Å². The van der Waals surface area contributed by atoms with E-state index in [0.717, 1.165) is 43.0 Å². The van der Waals surface area contributed by atoms with Crippen LogP contribution >= 0.6 is 0 Å². The topological polar surface area (TPSA) is 96.4 Å². The number of nitrogens with zero attached hydrogens (tertiary/aromatic N) is 2. The lowest BCUT2D eigenvalue weighted by Gasteiger charge is -2.26. The average Bonchev–Trinajstić information content (AvgIpc) is 3.16. The standard InChI is InChI=1S/C19H24N4O3/c24-16-5-3-14(4-6-16)22-19-20-10-13-2-1-12(9-17(13)23-19)18(25)21-15-7-8-26-11-15/h1-2,9-10,14-16,24H,3-8,11H2,(H,21,25)(H,20,22,23). The number of carbonyl (C=O) groups is 1. The number of hydrogen-bond donors (Lipinski definition) is 3. The lowest BCUT2D eigenvalue weighted by atomic mass is 9.93. The van der Waals surface area contributed by atoms with Crippen molar-refractivity contribution in [3.05, 3.63) is 30.0 Å². The highest BCUT2D eigenvalue weighted by Gasteiger charge is 2.21. The molecule has 1 unspecified atom stereocenters. The van der Waals surface area contributed by atoms with Crippen LogP contribution in [0.1, 0.15) is 42.5 Å². The van der Waals surface area contributed by atoms with Crippen molar-refractivity contribution in [2.45, 2.75) is 50.3 Å². The molecule has 2 fully saturated rings. The second-order valence-corrected chi connectivity index (χ2v) is 7.15. The van der Waals surface area contributed by atoms with Crippen molar-refractivity contribution >= 4 is 22.8 Å². The molecule has 0 spiro atoms. The molecule has 4 rings (SSSR count). The SMILES string of the molecule is O=C(NC1CCOC1)c1ccc2cnc(NC3CCC(O)CC3)nc2c1. The van der Waals surface area contributed by atoms with E-state index in [1.807, 2.05) is 6.07 Å². The summed E-state index contributed by atoms with van der Waals surface area (Å²) in [4.78, 5) is 21.4. The van der Waals surface area contributed by atoms with Gasteiger partial charge in [0.05, 0.1) is 24.3 Å². The monoisotopic (exact) mass is 356 g/mol. The molecular formula is C19H24N4O3. The summed E-state index contributed by atoms with van der Waals surface area (Å²) in [6.07, 6.45) is 5.88. The molecule has 0 bridgehead atoms. The van der Waals surface area contributed by atoms with Gasteiger partial charge in [-0.3, -0.25) is 4.79 Å². The maximum atomic E-state index is 12.4. The minimum atomic E-state index is -0.183. The molecule has 7 nitrogen and oxygen atoms in total. The lowest BCUT2D eigenvalue weighted by Crippen LogP contribution is -2.34. The molecule has 1 aromatic heterocycles. The molecule has 2 heterocycles. The Bertz CT molecular complexity index is 783. The Hall–Kier alpha value is -2.25. The van der Waals surface area contributed by atoms with Gasteiger partial charge in [-0.15, -0.1) is 0 Å². The van der Waals surface area contributed by atoms with Crippen molar-refractivity contribution in [2.24, 2.45) is 0 Å². The predicted octanol–water partition coefficient (Wildman–Crippen LogP) is 1.86. The Balaban J connectivity index is 1.48. The number of nitrogens with one attached hydrogen (secondary N) is 2. The number of aliphatic hydroxyl groups excluding tert-OH is 1. The zero-order chi connectivity index (χ0) is 17.9. The largest absolute Gasteiger partial charge is 0.393 e. The van der Waals surface area contributed by atoms with E-state index in [-0.39, 0.29) is 24.1 Å². The fraction of sp³-hybridized carbons (Fsp3) is 0.526. The van der Waals surface area contributed by atoms with Crippen LogP contribution in [0.25, 0.3) is 10.9 Å². The highest BCUT2D eigenvalue weighted by atomic mass is 16.5. The Morgan fingerprint density at radius 3 is 2.77 bits per heavy atom. The third-order valence-electron chi connectivity index (χ3n) is 5.14. The summed E-state index contributed by atoms with van der Waals surface area (Å²) in [7, 11) is 0. The number of fused-ring (bicyclic) bond motifs is 1. The molecule has 1 amide bonds. The summed E-state index contributed by atoms with van der Waals surface area (Å²) >= 11 is 0. The van der Waals surface area contributed by atoms with E-state index in [1.54, 1.807) is 18.3 Å². The number of amides is 1. The van der Waals surface area contributed by atoms with E-state index in [1.165, 1.54) is 0 Å². The number of benzene rings is 1. The molecule has 1 saturated heterocycles. The zero-order valence-electron chi connectivity index (χ0n) is 14.6. The molecular weight excluding hydrogens is 332 g/mol. The van der Waals surface area contributed by atoms with Crippen molar-refractivity contribution in [3.63, 3.8) is 0 Å². The molecule has 1 saturated carbocycles. The van der Waals surface area contributed by atoms with Crippen LogP contribution in [-0.2, 0) is 4.74 Å². The minimum Gasteiger partial charge on any atom is -0.393 e. The van der Waals surface area contributed by atoms with Gasteiger partial charge in [0.1, 0.15) is 0 Å². The molecule has 26 heavy (non-hydrogen) atoms. The van der Waals surface area contributed by atoms with Crippen molar-refractivity contribution in [1.29, 1.82) is 0 Å². The van der Waals surface area contributed by atoms with Gasteiger partial charge in [0, 0.05) is 29.8 Å². The summed E-state index contributed by atoms with van der Waals surface area (Å²) in [5.74, 6) is 0.470. The highest BCUT2D eigenvalue weighted by Crippen LogP contribution is 2.22. The van der Waals surface area contributed by atoms with Gasteiger partial charge in [-0.05, 0) is 44.2 Å². The second-order valence-electron chi connectivity index (χ2n) is 7.15. The van der Waals surface area contributed by atoms with Crippen LogP contribution in [0.4, 0.5) is 5.95 Å². The first-order valence-electron chi connectivity index (χ1n) is 9.27. The Kier molecular flexibility index (Phi) is 4.99. The van der Waals surface area contributed by atoms with Crippen molar-refractivity contribution in [2.75, 3.05) is 18.5 Å². The summed E-state index contributed by atoms with van der Waals surface area (Å²) in [6.45, 7) is 1.27. The molecule has 2 aliphatic rings. The number of aromatic nitrogens is 2. The van der Waals surface area contributed by atoms with Gasteiger partial charge in [0.25, 0.3) is 5.91 Å². The number of anilines is 1. The maximum absolute atomic E-state index is 12.4. The van der Waals surface area contributed by atoms with Crippen molar-refractivity contribution < 1.29 is 14.6 Å². The van der Waals surface area contributed by atoms with E-state index in [9.17, 15) is 9.90 Å². The van der Waals surface area contributed by atoms with Crippen LogP contribution in [-0.4, -0.2) is 52.4 Å². The quantitative estimate of drug-likeness (QED) is 0.774. The van der Waals surface area contributed by atoms with E-state index in [0.29, 0.717) is 24.7 Å². The van der Waals surface area contributed by atoms with E-state index in [2.05, 4.69) is 20.6 Å². The molecule has 138 valence electrons. The van der Waals surface area contributed by atoms with E-state index in [4.69, 9.17) is 4.74 Å². The van der Waals surface area contributed by atoms with Gasteiger partial charge in [-0.1, -0.05) is 6.07 Å². The lowest BCUT2D eigenvalue weighted by molar-refractivity contribution is 0.0930. The number of hydrogen-bond acceptors (Lipinski definition) is 6. The number of aliphatic hydroxyl groups is 1. The Morgan fingerprint density at radius 2 is 2.00 bits per heavy atom. The first kappa shape index (κ1) is 17.2. The van der Waals surface area contributed by atoms with Crippen LogP contribution in [0.15, 0.2) is 24.4 Å². The van der Waals surface area contributed by atoms with Gasteiger partial charge < -0.3 is 20.5 Å². The molecule has 1 aliphatic carbocycles. The van der Waals surface area contributed by atoms with Gasteiger partial charge in [-0.2, -0.15) is 0 Å². The third-order valence-corrected chi connectivity index (χ3v) is 5.14. The summed E-state index contributed by atoms with van der Waals surface area (Å²) < 4.78 is 5.30. The van der Waals surface area contributed by atoms with Crippen LogP contribution in [0, 0.1) is 0 Å². The number of ether oxygens (including phenoxy) is 1. The third kappa shape index (κ3) is 3.94. The normalized spacial score (nSPS) is 26.0. The molecule has 7 heteroatoms. The smallest absolute Gasteiger partial charge is 0.251 e. The fourth-order valence-electron chi connectivity index (χ4n) is 3.55. The first-order chi connectivity index (χ1) is 12.7. The van der Waals surface area contributed by atoms with Crippen molar-refractivity contribution in [3.8, 4) is 0 Å².